The summed E-state index contributed by atoms with van der Waals surface area (Å²) < 4.78 is 0. The summed E-state index contributed by atoms with van der Waals surface area (Å²) in [5, 5.41) is 0. The second-order valence-corrected chi connectivity index (χ2v) is 4.36. The number of hydrogen-bond donors (Lipinski definition) is 0. The van der Waals surface area contributed by atoms with E-state index >= 15 is 0 Å². The van der Waals surface area contributed by atoms with Crippen LogP contribution in [0.1, 0.15) is 33.6 Å². The summed E-state index contributed by atoms with van der Waals surface area (Å²) in [6.07, 6.45) is 3.68. The van der Waals surface area contributed by atoms with Crippen molar-refractivity contribution < 1.29 is 4.79 Å². The molecule has 1 saturated heterocycles. The number of nitrogens with zero attached hydrogens (tertiary/aromatic N) is 1. The minimum atomic E-state index is 0.191. The molecule has 0 aromatic heterocycles. The highest BCUT2D eigenvalue weighted by atomic mass is 16.1. The molecule has 2 nitrogen and oxygen atoms in total. The van der Waals surface area contributed by atoms with Gasteiger partial charge in [-0.25, -0.2) is 0 Å². The van der Waals surface area contributed by atoms with Crippen molar-refractivity contribution in [2.75, 3.05) is 6.54 Å². The molecule has 1 fully saturated rings. The van der Waals surface area contributed by atoms with Crippen LogP contribution in [-0.2, 0) is 4.79 Å². The van der Waals surface area contributed by atoms with Gasteiger partial charge in [0.15, 0.2) is 0 Å². The summed E-state index contributed by atoms with van der Waals surface area (Å²) in [4.78, 5) is 13.9. The van der Waals surface area contributed by atoms with Gasteiger partial charge in [-0.2, -0.15) is 0 Å². The number of Topliss-reactive ketones (excluding diaryl/α,β-unsaturated/α-hetero) is 1. The Morgan fingerprint density at radius 1 is 1.64 bits per heavy atom. The fourth-order valence-electron chi connectivity index (χ4n) is 2.23. The molecule has 1 rings (SSSR count). The summed E-state index contributed by atoms with van der Waals surface area (Å²) in [5.41, 5.74) is 0. The molecule has 0 aromatic rings. The van der Waals surface area contributed by atoms with E-state index < -0.39 is 0 Å². The number of hydrogen-bond acceptors (Lipinski definition) is 2. The van der Waals surface area contributed by atoms with Crippen molar-refractivity contribution in [3.8, 4) is 0 Å². The molecule has 0 aromatic carbocycles. The summed E-state index contributed by atoms with van der Waals surface area (Å²) in [7, 11) is 0. The molecule has 0 spiro atoms. The molecular weight excluding hydrogens is 174 g/mol. The van der Waals surface area contributed by atoms with Gasteiger partial charge in [-0.3, -0.25) is 9.69 Å². The number of carbonyl (C=O) groups is 1. The Labute approximate surface area is 87.0 Å². The summed E-state index contributed by atoms with van der Waals surface area (Å²) in [6, 6.07) is 0.893. The maximum atomic E-state index is 11.5. The minimum Gasteiger partial charge on any atom is -0.299 e. The van der Waals surface area contributed by atoms with Crippen molar-refractivity contribution in [3.05, 3.63) is 12.7 Å². The lowest BCUT2D eigenvalue weighted by molar-refractivity contribution is -0.128. The number of ketones is 1. The summed E-state index contributed by atoms with van der Waals surface area (Å²) in [5.74, 6) is 0.607. The molecular formula is C12H21NO. The van der Waals surface area contributed by atoms with Crippen LogP contribution >= 0.6 is 0 Å². The molecule has 1 aliphatic heterocycles. The molecule has 0 saturated carbocycles. The number of carbonyl (C=O) groups excluding carboxylic acids is 1. The van der Waals surface area contributed by atoms with Crippen LogP contribution in [0.15, 0.2) is 12.7 Å². The van der Waals surface area contributed by atoms with Crippen molar-refractivity contribution >= 4 is 5.78 Å². The van der Waals surface area contributed by atoms with E-state index in [0.717, 1.165) is 13.0 Å². The molecule has 80 valence electrons. The molecule has 1 heterocycles. The molecule has 14 heavy (non-hydrogen) atoms. The Hall–Kier alpha value is -0.630. The van der Waals surface area contributed by atoms with Crippen molar-refractivity contribution in [2.45, 2.75) is 45.7 Å². The van der Waals surface area contributed by atoms with Gasteiger partial charge in [0.05, 0.1) is 0 Å². The maximum Gasteiger partial charge on any atom is 0.138 e. The lowest BCUT2D eigenvalue weighted by Gasteiger charge is -2.40. The van der Waals surface area contributed by atoms with Gasteiger partial charge in [0.25, 0.3) is 0 Å². The van der Waals surface area contributed by atoms with Crippen molar-refractivity contribution in [1.82, 2.24) is 4.90 Å². The highest BCUT2D eigenvalue weighted by molar-refractivity contribution is 5.82. The van der Waals surface area contributed by atoms with Crippen LogP contribution in [0.25, 0.3) is 0 Å². The van der Waals surface area contributed by atoms with Gasteiger partial charge in [-0.1, -0.05) is 13.0 Å². The monoisotopic (exact) mass is 195 g/mol. The highest BCUT2D eigenvalue weighted by Gasteiger charge is 2.32. The third kappa shape index (κ3) is 2.24. The van der Waals surface area contributed by atoms with Crippen LogP contribution in [0.2, 0.25) is 0 Å². The fraction of sp³-hybridized carbons (Fsp3) is 0.750. The molecule has 0 aliphatic carbocycles. The van der Waals surface area contributed by atoms with Gasteiger partial charge in [0.2, 0.25) is 0 Å². The van der Waals surface area contributed by atoms with Gasteiger partial charge >= 0.3 is 0 Å². The van der Waals surface area contributed by atoms with Gasteiger partial charge in [0, 0.05) is 31.0 Å². The predicted molar refractivity (Wildman–Crippen MR) is 59.2 cm³/mol. The van der Waals surface area contributed by atoms with Crippen LogP contribution in [0.4, 0.5) is 0 Å². The second-order valence-electron chi connectivity index (χ2n) is 4.36. The number of piperidine rings is 1. The predicted octanol–water partition coefficient (Wildman–Crippen LogP) is 2.25. The first-order valence-electron chi connectivity index (χ1n) is 5.47. The van der Waals surface area contributed by atoms with Crippen molar-refractivity contribution in [3.63, 3.8) is 0 Å². The Bertz CT molecular complexity index is 224. The van der Waals surface area contributed by atoms with E-state index in [0.29, 0.717) is 24.3 Å². The smallest absolute Gasteiger partial charge is 0.138 e. The molecule has 1 aliphatic rings. The van der Waals surface area contributed by atoms with Crippen LogP contribution in [-0.4, -0.2) is 29.3 Å². The first kappa shape index (κ1) is 11.4. The van der Waals surface area contributed by atoms with E-state index in [1.165, 1.54) is 0 Å². The van der Waals surface area contributed by atoms with E-state index in [-0.39, 0.29) is 5.92 Å². The third-order valence-electron chi connectivity index (χ3n) is 3.44. The van der Waals surface area contributed by atoms with Crippen molar-refractivity contribution in [1.29, 1.82) is 0 Å². The zero-order valence-corrected chi connectivity index (χ0v) is 9.49. The summed E-state index contributed by atoms with van der Waals surface area (Å²) in [6.45, 7) is 11.1. The quantitative estimate of drug-likeness (QED) is 0.644. The Balaban J connectivity index is 2.62. The second kappa shape index (κ2) is 4.74. The van der Waals surface area contributed by atoms with E-state index in [4.69, 9.17) is 0 Å². The fourth-order valence-corrected chi connectivity index (χ4v) is 2.23. The van der Waals surface area contributed by atoms with E-state index in [1.54, 1.807) is 0 Å². The Morgan fingerprint density at radius 2 is 2.29 bits per heavy atom. The zero-order chi connectivity index (χ0) is 10.7. The molecule has 3 unspecified atom stereocenters. The van der Waals surface area contributed by atoms with E-state index in [1.807, 2.05) is 13.0 Å². The minimum absolute atomic E-state index is 0.191. The SMILES string of the molecule is C=CCC(C)N1CCC(=O)C(C)C1C. The lowest BCUT2D eigenvalue weighted by atomic mass is 9.89. The average Bonchev–Trinajstić information content (AvgIpc) is 2.15. The van der Waals surface area contributed by atoms with Gasteiger partial charge in [-0.05, 0) is 20.3 Å². The van der Waals surface area contributed by atoms with E-state index in [2.05, 4.69) is 25.3 Å². The number of rotatable bonds is 3. The summed E-state index contributed by atoms with van der Waals surface area (Å²) >= 11 is 0. The molecule has 0 N–H and O–H groups in total. The van der Waals surface area contributed by atoms with Crippen LogP contribution in [0.3, 0.4) is 0 Å². The average molecular weight is 195 g/mol. The molecule has 0 radical (unpaired) electrons. The maximum absolute atomic E-state index is 11.5. The first-order chi connectivity index (χ1) is 6.57. The van der Waals surface area contributed by atoms with Crippen LogP contribution in [0.5, 0.6) is 0 Å². The van der Waals surface area contributed by atoms with Gasteiger partial charge in [-0.15, -0.1) is 6.58 Å². The topological polar surface area (TPSA) is 20.3 Å². The Kier molecular flexibility index (Phi) is 3.87. The van der Waals surface area contributed by atoms with Crippen LogP contribution < -0.4 is 0 Å². The van der Waals surface area contributed by atoms with Crippen LogP contribution in [0, 0.1) is 5.92 Å². The molecule has 0 amide bonds. The largest absolute Gasteiger partial charge is 0.299 e. The van der Waals surface area contributed by atoms with Gasteiger partial charge in [0.1, 0.15) is 5.78 Å². The van der Waals surface area contributed by atoms with Crippen molar-refractivity contribution in [2.24, 2.45) is 5.92 Å². The molecule has 2 heteroatoms. The lowest BCUT2D eigenvalue weighted by Crippen LogP contribution is -2.50. The third-order valence-corrected chi connectivity index (χ3v) is 3.44. The van der Waals surface area contributed by atoms with E-state index in [9.17, 15) is 4.79 Å². The number of likely N-dealkylation sites (tertiary alicyclic amines) is 1. The molecule has 0 bridgehead atoms. The first-order valence-corrected chi connectivity index (χ1v) is 5.47. The highest BCUT2D eigenvalue weighted by Crippen LogP contribution is 2.23. The normalized spacial score (nSPS) is 31.5. The molecule has 3 atom stereocenters. The Morgan fingerprint density at radius 3 is 2.86 bits per heavy atom. The van der Waals surface area contributed by atoms with Gasteiger partial charge < -0.3 is 0 Å². The zero-order valence-electron chi connectivity index (χ0n) is 9.49. The standard InChI is InChI=1S/C12H21NO/c1-5-6-9(2)13-8-7-12(14)10(3)11(13)4/h5,9-11H,1,6-8H2,2-4H3.